The van der Waals surface area contributed by atoms with Crippen molar-refractivity contribution < 1.29 is 14.5 Å². The number of carbonyl (C=O) groups excluding carboxylic acids is 1. The first-order valence-corrected chi connectivity index (χ1v) is 6.21. The molecule has 2 aromatic rings. The second-order valence-corrected chi connectivity index (χ2v) is 4.47. The SMILES string of the molecule is COc1ccc(C)cc1C(=O)Nc1cccc([N+](=O)[O-])c1. The molecule has 2 rings (SSSR count). The molecule has 0 fully saturated rings. The number of hydrogen-bond donors (Lipinski definition) is 1. The van der Waals surface area contributed by atoms with E-state index in [4.69, 9.17) is 4.74 Å². The van der Waals surface area contributed by atoms with Gasteiger partial charge in [0.2, 0.25) is 0 Å². The molecule has 108 valence electrons. The van der Waals surface area contributed by atoms with Crippen LogP contribution in [0.4, 0.5) is 11.4 Å². The van der Waals surface area contributed by atoms with E-state index in [9.17, 15) is 14.9 Å². The molecule has 1 amide bonds. The maximum atomic E-state index is 12.3. The minimum atomic E-state index is -0.511. The third-order valence-electron chi connectivity index (χ3n) is 2.91. The molecule has 0 aliphatic heterocycles. The quantitative estimate of drug-likeness (QED) is 0.691. The van der Waals surface area contributed by atoms with Crippen molar-refractivity contribution in [2.24, 2.45) is 0 Å². The van der Waals surface area contributed by atoms with Crippen molar-refractivity contribution in [2.45, 2.75) is 6.92 Å². The van der Waals surface area contributed by atoms with Gasteiger partial charge in [0.25, 0.3) is 11.6 Å². The van der Waals surface area contributed by atoms with Crippen molar-refractivity contribution in [3.05, 3.63) is 63.7 Å². The van der Waals surface area contributed by atoms with Crippen LogP contribution in [0.25, 0.3) is 0 Å². The van der Waals surface area contributed by atoms with Crippen LogP contribution in [0.15, 0.2) is 42.5 Å². The van der Waals surface area contributed by atoms with Gasteiger partial charge in [-0.25, -0.2) is 0 Å². The van der Waals surface area contributed by atoms with E-state index in [2.05, 4.69) is 5.32 Å². The Morgan fingerprint density at radius 2 is 2.00 bits per heavy atom. The van der Waals surface area contributed by atoms with Crippen molar-refractivity contribution in [3.63, 3.8) is 0 Å². The van der Waals surface area contributed by atoms with Crippen LogP contribution in [0.2, 0.25) is 0 Å². The second-order valence-electron chi connectivity index (χ2n) is 4.47. The standard InChI is InChI=1S/C15H14N2O4/c1-10-6-7-14(21-2)13(8-10)15(18)16-11-4-3-5-12(9-11)17(19)20/h3-9H,1-2H3,(H,16,18). The summed E-state index contributed by atoms with van der Waals surface area (Å²) < 4.78 is 5.15. The van der Waals surface area contributed by atoms with Crippen LogP contribution in [0.5, 0.6) is 5.75 Å². The summed E-state index contributed by atoms with van der Waals surface area (Å²) in [5.74, 6) is 0.0691. The molecule has 0 aliphatic carbocycles. The molecular weight excluding hydrogens is 272 g/mol. The van der Waals surface area contributed by atoms with Crippen LogP contribution in [0, 0.1) is 17.0 Å². The van der Waals surface area contributed by atoms with E-state index in [1.807, 2.05) is 13.0 Å². The molecule has 1 N–H and O–H groups in total. The molecule has 6 heteroatoms. The number of nitro groups is 1. The topological polar surface area (TPSA) is 81.5 Å². The highest BCUT2D eigenvalue weighted by molar-refractivity contribution is 6.06. The second kappa shape index (κ2) is 6.04. The molecule has 0 spiro atoms. The third kappa shape index (κ3) is 3.36. The van der Waals surface area contributed by atoms with Crippen molar-refractivity contribution in [2.75, 3.05) is 12.4 Å². The number of hydrogen-bond acceptors (Lipinski definition) is 4. The molecule has 0 bridgehead atoms. The van der Waals surface area contributed by atoms with E-state index in [1.165, 1.54) is 25.3 Å². The van der Waals surface area contributed by atoms with Crippen LogP contribution in [0.1, 0.15) is 15.9 Å². The predicted octanol–water partition coefficient (Wildman–Crippen LogP) is 3.16. The number of amides is 1. The fourth-order valence-corrected chi connectivity index (χ4v) is 1.89. The molecule has 0 saturated carbocycles. The van der Waals surface area contributed by atoms with Crippen LogP contribution in [-0.2, 0) is 0 Å². The molecule has 2 aromatic carbocycles. The van der Waals surface area contributed by atoms with Crippen LogP contribution >= 0.6 is 0 Å². The lowest BCUT2D eigenvalue weighted by molar-refractivity contribution is -0.384. The highest BCUT2D eigenvalue weighted by atomic mass is 16.6. The minimum Gasteiger partial charge on any atom is -0.496 e. The molecule has 21 heavy (non-hydrogen) atoms. The molecule has 0 heterocycles. The zero-order valence-electron chi connectivity index (χ0n) is 11.6. The Bertz CT molecular complexity index is 698. The van der Waals surface area contributed by atoms with Gasteiger partial charge in [0.1, 0.15) is 5.75 Å². The predicted molar refractivity (Wildman–Crippen MR) is 78.8 cm³/mol. The van der Waals surface area contributed by atoms with Gasteiger partial charge in [-0.15, -0.1) is 0 Å². The number of benzene rings is 2. The zero-order valence-corrected chi connectivity index (χ0v) is 11.6. The fourth-order valence-electron chi connectivity index (χ4n) is 1.89. The van der Waals surface area contributed by atoms with Gasteiger partial charge >= 0.3 is 0 Å². The molecule has 0 aliphatic rings. The van der Waals surface area contributed by atoms with Gasteiger partial charge in [-0.1, -0.05) is 17.7 Å². The zero-order chi connectivity index (χ0) is 15.4. The maximum Gasteiger partial charge on any atom is 0.271 e. The molecule has 0 atom stereocenters. The van der Waals surface area contributed by atoms with E-state index >= 15 is 0 Å². The van der Waals surface area contributed by atoms with Gasteiger partial charge in [-0.3, -0.25) is 14.9 Å². The van der Waals surface area contributed by atoms with Crippen molar-refractivity contribution in [3.8, 4) is 5.75 Å². The third-order valence-corrected chi connectivity index (χ3v) is 2.91. The maximum absolute atomic E-state index is 12.3. The molecule has 0 unspecified atom stereocenters. The van der Waals surface area contributed by atoms with Gasteiger partial charge in [-0.2, -0.15) is 0 Å². The van der Waals surface area contributed by atoms with Gasteiger partial charge < -0.3 is 10.1 Å². The molecule has 0 saturated heterocycles. The highest BCUT2D eigenvalue weighted by Gasteiger charge is 2.14. The number of rotatable bonds is 4. The summed E-state index contributed by atoms with van der Waals surface area (Å²) in [5, 5.41) is 13.4. The van der Waals surface area contributed by atoms with Crippen LogP contribution in [0.3, 0.4) is 0 Å². The first-order valence-electron chi connectivity index (χ1n) is 6.21. The lowest BCUT2D eigenvalue weighted by Crippen LogP contribution is -2.13. The summed E-state index contributed by atoms with van der Waals surface area (Å²) in [4.78, 5) is 22.5. The lowest BCUT2D eigenvalue weighted by Gasteiger charge is -2.10. The van der Waals surface area contributed by atoms with Crippen molar-refractivity contribution >= 4 is 17.3 Å². The number of nitrogens with one attached hydrogen (secondary N) is 1. The number of non-ortho nitro benzene ring substituents is 1. The first-order chi connectivity index (χ1) is 10.0. The number of aryl methyl sites for hydroxylation is 1. The minimum absolute atomic E-state index is 0.0796. The van der Waals surface area contributed by atoms with E-state index in [0.29, 0.717) is 17.0 Å². The van der Waals surface area contributed by atoms with Crippen molar-refractivity contribution in [1.82, 2.24) is 0 Å². The smallest absolute Gasteiger partial charge is 0.271 e. The number of anilines is 1. The Hall–Kier alpha value is -2.89. The Labute approximate surface area is 121 Å². The summed E-state index contributed by atoms with van der Waals surface area (Å²) in [6.07, 6.45) is 0. The van der Waals surface area contributed by atoms with Gasteiger partial charge in [0.05, 0.1) is 17.6 Å². The number of methoxy groups -OCH3 is 1. The molecule has 6 nitrogen and oxygen atoms in total. The van der Waals surface area contributed by atoms with Crippen LogP contribution < -0.4 is 10.1 Å². The largest absolute Gasteiger partial charge is 0.496 e. The van der Waals surface area contributed by atoms with Crippen molar-refractivity contribution in [1.29, 1.82) is 0 Å². The van der Waals surface area contributed by atoms with Gasteiger partial charge in [-0.05, 0) is 25.1 Å². The number of ether oxygens (including phenoxy) is 1. The van der Waals surface area contributed by atoms with E-state index < -0.39 is 4.92 Å². The summed E-state index contributed by atoms with van der Waals surface area (Å²) >= 11 is 0. The molecule has 0 aromatic heterocycles. The van der Waals surface area contributed by atoms with Crippen LogP contribution in [-0.4, -0.2) is 17.9 Å². The number of carbonyl (C=O) groups is 1. The monoisotopic (exact) mass is 286 g/mol. The fraction of sp³-hybridized carbons (Fsp3) is 0.133. The first kappa shape index (κ1) is 14.5. The van der Waals surface area contributed by atoms with Gasteiger partial charge in [0, 0.05) is 17.8 Å². The number of nitro benzene ring substituents is 1. The highest BCUT2D eigenvalue weighted by Crippen LogP contribution is 2.22. The van der Waals surface area contributed by atoms with E-state index in [0.717, 1.165) is 5.56 Å². The summed E-state index contributed by atoms with van der Waals surface area (Å²) in [5.41, 5.74) is 1.57. The average molecular weight is 286 g/mol. The Morgan fingerprint density at radius 1 is 1.24 bits per heavy atom. The summed E-state index contributed by atoms with van der Waals surface area (Å²) in [6.45, 7) is 1.86. The molecule has 0 radical (unpaired) electrons. The Kier molecular flexibility index (Phi) is 4.18. The van der Waals surface area contributed by atoms with E-state index in [-0.39, 0.29) is 11.6 Å². The average Bonchev–Trinajstić information content (AvgIpc) is 2.47. The normalized spacial score (nSPS) is 10.0. The summed E-state index contributed by atoms with van der Waals surface area (Å²) in [6, 6.07) is 11.0. The Balaban J connectivity index is 2.28. The van der Waals surface area contributed by atoms with Gasteiger partial charge in [0.15, 0.2) is 0 Å². The van der Waals surface area contributed by atoms with E-state index in [1.54, 1.807) is 18.2 Å². The Morgan fingerprint density at radius 3 is 2.67 bits per heavy atom. The lowest BCUT2D eigenvalue weighted by atomic mass is 10.1. The molecular formula is C15H14N2O4. The summed E-state index contributed by atoms with van der Waals surface area (Å²) in [7, 11) is 1.48. The number of nitrogens with zero attached hydrogens (tertiary/aromatic N) is 1.